The smallest absolute Gasteiger partial charge is 0.133 e. The van der Waals surface area contributed by atoms with Crippen molar-refractivity contribution in [2.75, 3.05) is 6.61 Å². The molecule has 156 valence electrons. The van der Waals surface area contributed by atoms with E-state index in [4.69, 9.17) is 25.8 Å². The summed E-state index contributed by atoms with van der Waals surface area (Å²) in [5, 5.41) is 10.6. The number of rotatable bonds is 3. The fraction of sp³-hybridized carbons (Fsp3) is 0.280. The summed E-state index contributed by atoms with van der Waals surface area (Å²) in [5.74, 6) is 1.37. The molecule has 2 aromatic rings. The summed E-state index contributed by atoms with van der Waals surface area (Å²) in [7, 11) is 0. The largest absolute Gasteiger partial charge is 0.507 e. The summed E-state index contributed by atoms with van der Waals surface area (Å²) in [6, 6.07) is 12.1. The first-order chi connectivity index (χ1) is 14.4. The lowest BCUT2D eigenvalue weighted by Gasteiger charge is -2.33. The van der Waals surface area contributed by atoms with E-state index in [0.29, 0.717) is 25.4 Å². The Kier molecular flexibility index (Phi) is 5.63. The molecule has 0 saturated heterocycles. The van der Waals surface area contributed by atoms with E-state index in [-0.39, 0.29) is 10.8 Å². The van der Waals surface area contributed by atoms with Gasteiger partial charge in [0, 0.05) is 18.1 Å². The highest BCUT2D eigenvalue weighted by Gasteiger charge is 2.43. The zero-order valence-electron chi connectivity index (χ0n) is 17.2. The Hall–Kier alpha value is -2.69. The summed E-state index contributed by atoms with van der Waals surface area (Å²) in [6.45, 7) is 8.47. The maximum Gasteiger partial charge on any atom is 0.133 e. The number of halogens is 1. The molecule has 1 N–H and O–H groups in total. The Morgan fingerprint density at radius 1 is 1.30 bits per heavy atom. The first-order valence-corrected chi connectivity index (χ1v) is 10.4. The van der Waals surface area contributed by atoms with Crippen molar-refractivity contribution in [3.8, 4) is 11.5 Å². The molecule has 2 atom stereocenters. The first-order valence-electron chi connectivity index (χ1n) is 9.99. The van der Waals surface area contributed by atoms with Crippen LogP contribution in [-0.4, -0.2) is 17.8 Å². The summed E-state index contributed by atoms with van der Waals surface area (Å²) in [5.41, 5.74) is 3.32. The van der Waals surface area contributed by atoms with Crippen molar-refractivity contribution < 1.29 is 19.3 Å². The van der Waals surface area contributed by atoms with Gasteiger partial charge in [0.05, 0.1) is 11.6 Å². The number of allylic oxidation sites excluding steroid dienone is 1. The normalized spacial score (nSPS) is 26.4. The van der Waals surface area contributed by atoms with Gasteiger partial charge in [-0.05, 0) is 42.7 Å². The Bertz CT molecular complexity index is 1040. The standard InChI is InChI=1S/C25H25ClO4/c1-4-11-28-23-14-24-20(12-16(23)2)25(19-8-6-5-7-18(19)15-29-25)10-9-21(26)22(27)13-17(3)30-24/h4-9,12-14,17,27H,1,10-11,15H2,2-3H3/b21-9+,22-13+/t17?,25-/m1/s1. The molecule has 0 bridgehead atoms. The predicted molar refractivity (Wildman–Crippen MR) is 118 cm³/mol. The number of ether oxygens (including phenoxy) is 3. The minimum absolute atomic E-state index is 0.00992. The molecular weight excluding hydrogens is 400 g/mol. The molecule has 0 aliphatic carbocycles. The minimum atomic E-state index is -0.773. The molecule has 2 aromatic carbocycles. The molecule has 2 heterocycles. The quantitative estimate of drug-likeness (QED) is 0.607. The second-order valence-corrected chi connectivity index (χ2v) is 8.02. The van der Waals surface area contributed by atoms with Crippen LogP contribution in [0.4, 0.5) is 0 Å². The number of hydrogen-bond acceptors (Lipinski definition) is 4. The number of aliphatic hydroxyl groups is 1. The van der Waals surface area contributed by atoms with Crippen molar-refractivity contribution >= 4 is 11.6 Å². The lowest BCUT2D eigenvalue weighted by Crippen LogP contribution is -2.29. The molecule has 0 saturated carbocycles. The molecule has 1 spiro atoms. The number of fused-ring (bicyclic) bond motifs is 4. The van der Waals surface area contributed by atoms with Gasteiger partial charge in [0.25, 0.3) is 0 Å². The topological polar surface area (TPSA) is 47.9 Å². The highest BCUT2D eigenvalue weighted by molar-refractivity contribution is 6.31. The SMILES string of the molecule is C=CCOc1cc2c(cc1C)[C@]1(C/C=C(Cl)\C(O)=C/C(C)O2)OCc2ccccc21. The van der Waals surface area contributed by atoms with Gasteiger partial charge in [0.2, 0.25) is 0 Å². The lowest BCUT2D eigenvalue weighted by molar-refractivity contribution is -0.00543. The van der Waals surface area contributed by atoms with E-state index in [2.05, 4.69) is 24.8 Å². The maximum atomic E-state index is 10.4. The third kappa shape index (κ3) is 3.62. The van der Waals surface area contributed by atoms with E-state index in [9.17, 15) is 5.11 Å². The van der Waals surface area contributed by atoms with Crippen LogP contribution in [0.2, 0.25) is 0 Å². The molecule has 2 aliphatic rings. The van der Waals surface area contributed by atoms with E-state index < -0.39 is 11.7 Å². The third-order valence-corrected chi connectivity index (χ3v) is 5.86. The Morgan fingerprint density at radius 3 is 2.90 bits per heavy atom. The van der Waals surface area contributed by atoms with Crippen LogP contribution < -0.4 is 9.47 Å². The van der Waals surface area contributed by atoms with E-state index >= 15 is 0 Å². The van der Waals surface area contributed by atoms with Crippen molar-refractivity contribution in [3.63, 3.8) is 0 Å². The average Bonchev–Trinajstić information content (AvgIpc) is 3.11. The van der Waals surface area contributed by atoms with Gasteiger partial charge >= 0.3 is 0 Å². The average molecular weight is 425 g/mol. The lowest BCUT2D eigenvalue weighted by atomic mass is 9.81. The molecule has 4 rings (SSSR count). The van der Waals surface area contributed by atoms with E-state index in [1.165, 1.54) is 0 Å². The Balaban J connectivity index is 1.95. The van der Waals surface area contributed by atoms with Gasteiger partial charge in [0.1, 0.15) is 35.6 Å². The first kappa shape index (κ1) is 20.6. The van der Waals surface area contributed by atoms with Crippen molar-refractivity contribution in [1.82, 2.24) is 0 Å². The van der Waals surface area contributed by atoms with Crippen molar-refractivity contribution in [2.24, 2.45) is 0 Å². The van der Waals surface area contributed by atoms with Crippen LogP contribution in [0.1, 0.15) is 35.6 Å². The van der Waals surface area contributed by atoms with Crippen molar-refractivity contribution in [1.29, 1.82) is 0 Å². The molecule has 2 aliphatic heterocycles. The molecule has 1 unspecified atom stereocenters. The van der Waals surface area contributed by atoms with Crippen LogP contribution in [0.3, 0.4) is 0 Å². The van der Waals surface area contributed by atoms with Crippen LogP contribution in [0.5, 0.6) is 11.5 Å². The molecule has 0 fully saturated rings. The highest BCUT2D eigenvalue weighted by Crippen LogP contribution is 2.50. The zero-order valence-corrected chi connectivity index (χ0v) is 17.9. The van der Waals surface area contributed by atoms with Gasteiger partial charge in [0.15, 0.2) is 0 Å². The Morgan fingerprint density at radius 2 is 2.10 bits per heavy atom. The van der Waals surface area contributed by atoms with Crippen LogP contribution in [0.15, 0.2) is 72.0 Å². The molecule has 5 heteroatoms. The fourth-order valence-electron chi connectivity index (χ4n) is 4.08. The molecule has 0 radical (unpaired) electrons. The third-order valence-electron chi connectivity index (χ3n) is 5.51. The molecule has 0 aromatic heterocycles. The second kappa shape index (κ2) is 8.21. The molecular formula is C25H25ClO4. The van der Waals surface area contributed by atoms with Gasteiger partial charge in [-0.2, -0.15) is 0 Å². The number of aryl methyl sites for hydroxylation is 1. The van der Waals surface area contributed by atoms with Crippen LogP contribution in [0, 0.1) is 6.92 Å². The second-order valence-electron chi connectivity index (χ2n) is 7.62. The van der Waals surface area contributed by atoms with E-state index in [0.717, 1.165) is 28.0 Å². The summed E-state index contributed by atoms with van der Waals surface area (Å²) < 4.78 is 18.6. The van der Waals surface area contributed by atoms with Gasteiger partial charge in [-0.15, -0.1) is 0 Å². The van der Waals surface area contributed by atoms with Gasteiger partial charge in [-0.1, -0.05) is 54.6 Å². The molecule has 4 nitrogen and oxygen atoms in total. The number of hydrogen-bond donors (Lipinski definition) is 1. The predicted octanol–water partition coefficient (Wildman–Crippen LogP) is 6.07. The van der Waals surface area contributed by atoms with Crippen LogP contribution in [-0.2, 0) is 16.9 Å². The Labute approximate surface area is 182 Å². The molecule has 0 amide bonds. The summed E-state index contributed by atoms with van der Waals surface area (Å²) >= 11 is 6.37. The van der Waals surface area contributed by atoms with Crippen molar-refractivity contribution in [3.05, 3.63) is 94.3 Å². The van der Waals surface area contributed by atoms with Gasteiger partial charge in [-0.25, -0.2) is 0 Å². The number of aliphatic hydroxyl groups excluding tert-OH is 1. The van der Waals surface area contributed by atoms with Crippen molar-refractivity contribution in [2.45, 2.75) is 38.6 Å². The van der Waals surface area contributed by atoms with Crippen LogP contribution >= 0.6 is 11.6 Å². The minimum Gasteiger partial charge on any atom is -0.507 e. The van der Waals surface area contributed by atoms with Crippen LogP contribution in [0.25, 0.3) is 0 Å². The highest BCUT2D eigenvalue weighted by atomic mass is 35.5. The maximum absolute atomic E-state index is 10.4. The van der Waals surface area contributed by atoms with E-state index in [1.807, 2.05) is 38.1 Å². The fourth-order valence-corrected chi connectivity index (χ4v) is 4.22. The number of benzene rings is 2. The summed E-state index contributed by atoms with van der Waals surface area (Å²) in [6.07, 6.45) is 5.16. The summed E-state index contributed by atoms with van der Waals surface area (Å²) in [4.78, 5) is 0. The van der Waals surface area contributed by atoms with Gasteiger partial charge in [-0.3, -0.25) is 0 Å². The monoisotopic (exact) mass is 424 g/mol. The van der Waals surface area contributed by atoms with E-state index in [1.54, 1.807) is 12.2 Å². The molecule has 30 heavy (non-hydrogen) atoms. The zero-order chi connectivity index (χ0) is 21.3. The van der Waals surface area contributed by atoms with Gasteiger partial charge < -0.3 is 19.3 Å².